The third kappa shape index (κ3) is 4.68. The van der Waals surface area contributed by atoms with Crippen LogP contribution in [0.5, 0.6) is 0 Å². The molecule has 0 bridgehead atoms. The van der Waals surface area contributed by atoms with Crippen LogP contribution in [0, 0.1) is 0 Å². The summed E-state index contributed by atoms with van der Waals surface area (Å²) in [6.45, 7) is 4.11. The molecule has 3 rings (SSSR count). The quantitative estimate of drug-likeness (QED) is 0.533. The van der Waals surface area contributed by atoms with Gasteiger partial charge in [0.15, 0.2) is 5.84 Å². The van der Waals surface area contributed by atoms with Crippen LogP contribution in [-0.4, -0.2) is 32.7 Å². The van der Waals surface area contributed by atoms with Crippen LogP contribution < -0.4 is 21.6 Å². The van der Waals surface area contributed by atoms with Gasteiger partial charge in [0.1, 0.15) is 0 Å². The molecular weight excluding hydrogens is 376 g/mol. The van der Waals surface area contributed by atoms with Gasteiger partial charge in [0.2, 0.25) is 10.0 Å². The summed E-state index contributed by atoms with van der Waals surface area (Å²) in [7, 11) is -1.81. The number of unbranched alkanes of at least 4 members (excludes halogenated alkanes) is 1. The first-order valence-electron chi connectivity index (χ1n) is 9.18. The Kier molecular flexibility index (Phi) is 6.30. The van der Waals surface area contributed by atoms with Crippen molar-refractivity contribution in [1.82, 2.24) is 21.4 Å². The molecule has 5 N–H and O–H groups in total. The molecule has 9 heteroatoms. The number of hydrazone groups is 1. The van der Waals surface area contributed by atoms with E-state index in [-0.39, 0.29) is 4.90 Å². The monoisotopic (exact) mass is 402 g/mol. The summed E-state index contributed by atoms with van der Waals surface area (Å²) in [6, 6.07) is 13.1. The molecule has 2 aromatic carbocycles. The normalized spacial score (nSPS) is 13.9. The molecule has 1 aliphatic rings. The topological polar surface area (TPSA) is 112 Å². The van der Waals surface area contributed by atoms with Gasteiger partial charge in [0, 0.05) is 12.1 Å². The van der Waals surface area contributed by atoms with Crippen molar-refractivity contribution in [1.29, 1.82) is 0 Å². The molecule has 0 saturated carbocycles. The van der Waals surface area contributed by atoms with Crippen LogP contribution in [0.4, 0.5) is 0 Å². The number of nitrogens with two attached hydrogens (primary N) is 1. The van der Waals surface area contributed by atoms with Crippen molar-refractivity contribution in [2.75, 3.05) is 13.6 Å². The summed E-state index contributed by atoms with van der Waals surface area (Å²) in [5, 5.41) is 9.50. The second kappa shape index (κ2) is 8.70. The van der Waals surface area contributed by atoms with Gasteiger partial charge < -0.3 is 4.90 Å². The van der Waals surface area contributed by atoms with E-state index < -0.39 is 10.0 Å². The van der Waals surface area contributed by atoms with Crippen molar-refractivity contribution in [3.8, 4) is 11.1 Å². The minimum absolute atomic E-state index is 0.0186. The molecule has 0 unspecified atom stereocenters. The Morgan fingerprint density at radius 3 is 2.50 bits per heavy atom. The van der Waals surface area contributed by atoms with Crippen molar-refractivity contribution >= 4 is 15.9 Å². The highest BCUT2D eigenvalue weighted by atomic mass is 32.2. The number of hydrogen-bond acceptors (Lipinski definition) is 7. The zero-order valence-electron chi connectivity index (χ0n) is 16.1. The van der Waals surface area contributed by atoms with Crippen molar-refractivity contribution in [3.05, 3.63) is 53.6 Å². The van der Waals surface area contributed by atoms with Gasteiger partial charge in [0.05, 0.1) is 4.90 Å². The van der Waals surface area contributed by atoms with Gasteiger partial charge in [-0.15, -0.1) is 10.6 Å². The first-order valence-corrected chi connectivity index (χ1v) is 10.7. The Morgan fingerprint density at radius 1 is 1.14 bits per heavy atom. The number of amidine groups is 1. The van der Waals surface area contributed by atoms with E-state index in [2.05, 4.69) is 52.6 Å². The highest BCUT2D eigenvalue weighted by Gasteiger charge is 2.23. The lowest BCUT2D eigenvalue weighted by Gasteiger charge is -2.17. The van der Waals surface area contributed by atoms with Crippen LogP contribution in [0.1, 0.15) is 30.9 Å². The Morgan fingerprint density at radius 2 is 1.89 bits per heavy atom. The van der Waals surface area contributed by atoms with Gasteiger partial charge >= 0.3 is 0 Å². The lowest BCUT2D eigenvalue weighted by atomic mass is 9.98. The second-order valence-corrected chi connectivity index (χ2v) is 8.36. The SMILES string of the molecule is CCCCN(C)Cc1ccc(-c2cccc(S(N)(=O)=O)c2C2=NNNN2)cc1. The molecule has 0 spiro atoms. The van der Waals surface area contributed by atoms with E-state index in [4.69, 9.17) is 5.14 Å². The van der Waals surface area contributed by atoms with Gasteiger partial charge in [-0.25, -0.2) is 19.1 Å². The first kappa shape index (κ1) is 20.3. The Hall–Kier alpha value is -2.46. The van der Waals surface area contributed by atoms with Gasteiger partial charge in [0.25, 0.3) is 0 Å². The smallest absolute Gasteiger partial charge is 0.238 e. The standard InChI is InChI=1S/C19H26N6O2S/c1-3-4-12-25(2)13-14-8-10-15(11-9-14)16-6-5-7-17(28(20,26)27)18(16)19-21-23-24-22-19/h5-11,23-24H,3-4,12-13H2,1-2H3,(H,21,22)(H2,20,26,27). The fourth-order valence-corrected chi connectivity index (χ4v) is 3.94. The van der Waals surface area contributed by atoms with Gasteiger partial charge in [-0.1, -0.05) is 49.7 Å². The molecule has 1 aliphatic heterocycles. The molecule has 28 heavy (non-hydrogen) atoms. The number of nitrogens with one attached hydrogen (secondary N) is 3. The molecule has 0 fully saturated rings. The zero-order valence-corrected chi connectivity index (χ0v) is 16.9. The van der Waals surface area contributed by atoms with E-state index in [1.165, 1.54) is 24.5 Å². The third-order valence-electron chi connectivity index (χ3n) is 4.58. The fraction of sp³-hybridized carbons (Fsp3) is 0.316. The van der Waals surface area contributed by atoms with Crippen LogP contribution >= 0.6 is 0 Å². The van der Waals surface area contributed by atoms with Crippen LogP contribution in [-0.2, 0) is 16.6 Å². The summed E-state index contributed by atoms with van der Waals surface area (Å²) in [4.78, 5) is 2.31. The average Bonchev–Trinajstić information content (AvgIpc) is 3.20. The predicted molar refractivity (Wildman–Crippen MR) is 110 cm³/mol. The summed E-state index contributed by atoms with van der Waals surface area (Å²) >= 11 is 0. The Balaban J connectivity index is 1.95. The maximum Gasteiger partial charge on any atom is 0.238 e. The Labute approximate surface area is 165 Å². The molecule has 0 aromatic heterocycles. The summed E-state index contributed by atoms with van der Waals surface area (Å²) in [5.74, 6) is 0.364. The summed E-state index contributed by atoms with van der Waals surface area (Å²) < 4.78 is 24.2. The molecular formula is C19H26N6O2S. The number of sulfonamides is 1. The van der Waals surface area contributed by atoms with Crippen LogP contribution in [0.15, 0.2) is 52.5 Å². The van der Waals surface area contributed by atoms with Crippen LogP contribution in [0.3, 0.4) is 0 Å². The summed E-state index contributed by atoms with van der Waals surface area (Å²) in [6.07, 6.45) is 2.35. The largest absolute Gasteiger partial charge is 0.302 e. The van der Waals surface area contributed by atoms with Crippen LogP contribution in [0.2, 0.25) is 0 Å². The lowest BCUT2D eigenvalue weighted by Crippen LogP contribution is -2.36. The van der Waals surface area contributed by atoms with E-state index in [9.17, 15) is 8.42 Å². The van der Waals surface area contributed by atoms with Gasteiger partial charge in [-0.3, -0.25) is 5.43 Å². The molecule has 0 aliphatic carbocycles. The highest BCUT2D eigenvalue weighted by molar-refractivity contribution is 7.89. The van der Waals surface area contributed by atoms with E-state index in [0.717, 1.165) is 24.2 Å². The molecule has 0 radical (unpaired) electrons. The minimum Gasteiger partial charge on any atom is -0.302 e. The van der Waals surface area contributed by atoms with E-state index in [0.29, 0.717) is 11.4 Å². The maximum atomic E-state index is 12.1. The minimum atomic E-state index is -3.92. The highest BCUT2D eigenvalue weighted by Crippen LogP contribution is 2.29. The molecule has 0 atom stereocenters. The fourth-order valence-electron chi connectivity index (χ4n) is 3.18. The Bertz CT molecular complexity index is 957. The maximum absolute atomic E-state index is 12.1. The van der Waals surface area contributed by atoms with E-state index in [1.807, 2.05) is 18.2 Å². The van der Waals surface area contributed by atoms with Gasteiger partial charge in [-0.2, -0.15) is 0 Å². The zero-order chi connectivity index (χ0) is 20.1. The summed E-state index contributed by atoms with van der Waals surface area (Å²) in [5.41, 5.74) is 11.2. The molecule has 0 saturated heterocycles. The second-order valence-electron chi connectivity index (χ2n) is 6.83. The van der Waals surface area contributed by atoms with E-state index in [1.54, 1.807) is 6.07 Å². The predicted octanol–water partition coefficient (Wildman–Crippen LogP) is 1.51. The van der Waals surface area contributed by atoms with Gasteiger partial charge in [-0.05, 0) is 42.8 Å². The van der Waals surface area contributed by atoms with Crippen molar-refractivity contribution in [2.24, 2.45) is 10.2 Å². The first-order chi connectivity index (χ1) is 13.4. The number of primary sulfonamides is 1. The lowest BCUT2D eigenvalue weighted by molar-refractivity contribution is 0.321. The van der Waals surface area contributed by atoms with Crippen molar-refractivity contribution in [3.63, 3.8) is 0 Å². The van der Waals surface area contributed by atoms with Crippen molar-refractivity contribution in [2.45, 2.75) is 31.2 Å². The number of hydrogen-bond donors (Lipinski definition) is 4. The molecule has 2 aromatic rings. The number of benzene rings is 2. The number of hydrazine groups is 2. The van der Waals surface area contributed by atoms with Crippen LogP contribution in [0.25, 0.3) is 11.1 Å². The molecule has 8 nitrogen and oxygen atoms in total. The number of rotatable bonds is 8. The third-order valence-corrected chi connectivity index (χ3v) is 5.54. The van der Waals surface area contributed by atoms with Crippen molar-refractivity contribution < 1.29 is 8.42 Å². The molecule has 1 heterocycles. The molecule has 0 amide bonds. The number of nitrogens with zero attached hydrogens (tertiary/aromatic N) is 2. The molecule has 150 valence electrons. The average molecular weight is 403 g/mol. The van der Waals surface area contributed by atoms with E-state index >= 15 is 0 Å².